The number of amides is 1. The maximum Gasteiger partial charge on any atom is 0.234 e. The second kappa shape index (κ2) is 8.94. The number of nitrogens with one attached hydrogen (secondary N) is 1. The average molecular weight is 275 g/mol. The third kappa shape index (κ3) is 6.21. The molecule has 0 saturated heterocycles. The van der Waals surface area contributed by atoms with Crippen molar-refractivity contribution in [3.8, 4) is 11.8 Å². The van der Waals surface area contributed by atoms with Gasteiger partial charge in [0.1, 0.15) is 12.4 Å². The Labute approximate surface area is 120 Å². The predicted molar refractivity (Wildman–Crippen MR) is 77.4 cm³/mol. The Kier molecular flexibility index (Phi) is 7.15. The second-order valence-corrected chi connectivity index (χ2v) is 4.61. The third-order valence-corrected chi connectivity index (χ3v) is 2.80. The molecular formula is C15H21N3O2. The van der Waals surface area contributed by atoms with Crippen LogP contribution in [-0.4, -0.2) is 44.1 Å². The van der Waals surface area contributed by atoms with Crippen molar-refractivity contribution in [1.82, 2.24) is 10.2 Å². The van der Waals surface area contributed by atoms with Gasteiger partial charge in [0, 0.05) is 13.1 Å². The lowest BCUT2D eigenvalue weighted by molar-refractivity contribution is -0.121. The molecule has 0 bridgehead atoms. The molecule has 1 amide bonds. The van der Waals surface area contributed by atoms with E-state index in [4.69, 9.17) is 10.00 Å². The van der Waals surface area contributed by atoms with Gasteiger partial charge in [-0.05, 0) is 25.6 Å². The first-order valence-electron chi connectivity index (χ1n) is 6.64. The molecule has 0 saturated carbocycles. The van der Waals surface area contributed by atoms with E-state index in [-0.39, 0.29) is 5.91 Å². The van der Waals surface area contributed by atoms with Gasteiger partial charge in [-0.1, -0.05) is 18.2 Å². The van der Waals surface area contributed by atoms with Gasteiger partial charge < -0.3 is 10.1 Å². The van der Waals surface area contributed by atoms with Gasteiger partial charge in [0.15, 0.2) is 0 Å². The Morgan fingerprint density at radius 2 is 2.20 bits per heavy atom. The van der Waals surface area contributed by atoms with E-state index in [0.717, 1.165) is 11.3 Å². The van der Waals surface area contributed by atoms with E-state index >= 15 is 0 Å². The number of benzene rings is 1. The van der Waals surface area contributed by atoms with Crippen molar-refractivity contribution in [2.75, 3.05) is 33.3 Å². The first-order valence-corrected chi connectivity index (χ1v) is 6.64. The lowest BCUT2D eigenvalue weighted by Crippen LogP contribution is -2.37. The van der Waals surface area contributed by atoms with Gasteiger partial charge in [-0.15, -0.1) is 0 Å². The first kappa shape index (κ1) is 16.0. The van der Waals surface area contributed by atoms with Crippen molar-refractivity contribution >= 4 is 5.91 Å². The summed E-state index contributed by atoms with van der Waals surface area (Å²) in [5.41, 5.74) is 1.10. The molecule has 0 fully saturated rings. The zero-order valence-electron chi connectivity index (χ0n) is 12.1. The smallest absolute Gasteiger partial charge is 0.234 e. The molecule has 0 heterocycles. The highest BCUT2D eigenvalue weighted by molar-refractivity contribution is 5.77. The molecule has 0 aliphatic rings. The Morgan fingerprint density at radius 1 is 1.45 bits per heavy atom. The molecule has 20 heavy (non-hydrogen) atoms. The molecule has 0 aromatic heterocycles. The van der Waals surface area contributed by atoms with E-state index in [1.807, 2.05) is 49.2 Å². The van der Waals surface area contributed by atoms with Gasteiger partial charge in [-0.25, -0.2) is 0 Å². The Morgan fingerprint density at radius 3 is 2.90 bits per heavy atom. The highest BCUT2D eigenvalue weighted by Gasteiger charge is 2.06. The second-order valence-electron chi connectivity index (χ2n) is 4.61. The summed E-state index contributed by atoms with van der Waals surface area (Å²) < 4.78 is 5.67. The van der Waals surface area contributed by atoms with E-state index in [0.29, 0.717) is 32.7 Å². The van der Waals surface area contributed by atoms with Gasteiger partial charge in [-0.2, -0.15) is 5.26 Å². The maximum absolute atomic E-state index is 11.5. The molecule has 1 N–H and O–H groups in total. The predicted octanol–water partition coefficient (Wildman–Crippen LogP) is 1.34. The Bertz CT molecular complexity index is 468. The number of carbonyl (C=O) groups excluding carboxylic acids is 1. The van der Waals surface area contributed by atoms with Crippen LogP contribution in [0, 0.1) is 18.3 Å². The van der Waals surface area contributed by atoms with Crippen LogP contribution in [0.5, 0.6) is 5.75 Å². The molecule has 108 valence electrons. The maximum atomic E-state index is 11.5. The van der Waals surface area contributed by atoms with E-state index in [2.05, 4.69) is 5.32 Å². The van der Waals surface area contributed by atoms with Crippen LogP contribution in [0.2, 0.25) is 0 Å². The first-order chi connectivity index (χ1) is 9.63. The fraction of sp³-hybridized carbons (Fsp3) is 0.467. The number of aryl methyl sites for hydroxylation is 1. The van der Waals surface area contributed by atoms with Crippen LogP contribution < -0.4 is 10.1 Å². The number of hydrogen-bond donors (Lipinski definition) is 1. The van der Waals surface area contributed by atoms with Gasteiger partial charge in [0.05, 0.1) is 19.0 Å². The number of rotatable bonds is 8. The van der Waals surface area contributed by atoms with Crippen LogP contribution in [0.1, 0.15) is 12.0 Å². The number of carbonyl (C=O) groups is 1. The van der Waals surface area contributed by atoms with Crippen molar-refractivity contribution in [2.45, 2.75) is 13.3 Å². The fourth-order valence-electron chi connectivity index (χ4n) is 1.67. The monoisotopic (exact) mass is 275 g/mol. The quantitative estimate of drug-likeness (QED) is 0.727. The standard InChI is InChI=1S/C15H21N3O2/c1-13-6-3-4-7-14(13)20-11-10-18(2)12-15(19)17-9-5-8-16/h3-4,6-7H,5,9-12H2,1-2H3,(H,17,19). The van der Waals surface area contributed by atoms with Crippen LogP contribution >= 0.6 is 0 Å². The van der Waals surface area contributed by atoms with Crippen LogP contribution in [0.25, 0.3) is 0 Å². The molecule has 0 aliphatic carbocycles. The summed E-state index contributed by atoms with van der Waals surface area (Å²) in [6.45, 7) is 3.92. The molecule has 0 aliphatic heterocycles. The SMILES string of the molecule is Cc1ccccc1OCCN(C)CC(=O)NCCC#N. The van der Waals surface area contributed by atoms with Crippen molar-refractivity contribution in [1.29, 1.82) is 5.26 Å². The van der Waals surface area contributed by atoms with Gasteiger partial charge in [-0.3, -0.25) is 9.69 Å². The normalized spacial score (nSPS) is 10.1. The van der Waals surface area contributed by atoms with Crippen LogP contribution in [0.3, 0.4) is 0 Å². The van der Waals surface area contributed by atoms with E-state index < -0.39 is 0 Å². The fourth-order valence-corrected chi connectivity index (χ4v) is 1.67. The van der Waals surface area contributed by atoms with E-state index in [1.54, 1.807) is 0 Å². The summed E-state index contributed by atoms with van der Waals surface area (Å²) in [5.74, 6) is 0.804. The molecule has 1 rings (SSSR count). The average Bonchev–Trinajstić information content (AvgIpc) is 2.41. The van der Waals surface area contributed by atoms with Gasteiger partial charge >= 0.3 is 0 Å². The number of likely N-dealkylation sites (N-methyl/N-ethyl adjacent to an activating group) is 1. The minimum Gasteiger partial charge on any atom is -0.492 e. The minimum absolute atomic E-state index is 0.0707. The number of ether oxygens (including phenoxy) is 1. The molecule has 1 aromatic carbocycles. The number of nitrogens with zero attached hydrogens (tertiary/aromatic N) is 2. The molecule has 5 nitrogen and oxygen atoms in total. The summed E-state index contributed by atoms with van der Waals surface area (Å²) in [6.07, 6.45) is 0.339. The van der Waals surface area contributed by atoms with Crippen molar-refractivity contribution in [3.05, 3.63) is 29.8 Å². The van der Waals surface area contributed by atoms with E-state index in [1.165, 1.54) is 0 Å². The lowest BCUT2D eigenvalue weighted by atomic mass is 10.2. The summed E-state index contributed by atoms with van der Waals surface area (Å²) in [4.78, 5) is 13.4. The molecule has 0 spiro atoms. The van der Waals surface area contributed by atoms with Gasteiger partial charge in [0.25, 0.3) is 0 Å². The summed E-state index contributed by atoms with van der Waals surface area (Å²) in [6, 6.07) is 9.83. The Balaban J connectivity index is 2.20. The minimum atomic E-state index is -0.0707. The topological polar surface area (TPSA) is 65.4 Å². The number of hydrogen-bond acceptors (Lipinski definition) is 4. The molecule has 0 unspecified atom stereocenters. The van der Waals surface area contributed by atoms with Crippen LogP contribution in [-0.2, 0) is 4.79 Å². The summed E-state index contributed by atoms with van der Waals surface area (Å²) in [5, 5.41) is 11.1. The highest BCUT2D eigenvalue weighted by Crippen LogP contribution is 2.15. The van der Waals surface area contributed by atoms with Crippen molar-refractivity contribution < 1.29 is 9.53 Å². The zero-order chi connectivity index (χ0) is 14.8. The number of nitriles is 1. The summed E-state index contributed by atoms with van der Waals surface area (Å²) >= 11 is 0. The van der Waals surface area contributed by atoms with Crippen molar-refractivity contribution in [3.63, 3.8) is 0 Å². The van der Waals surface area contributed by atoms with Crippen LogP contribution in [0.15, 0.2) is 24.3 Å². The molecule has 0 atom stereocenters. The Hall–Kier alpha value is -2.06. The highest BCUT2D eigenvalue weighted by atomic mass is 16.5. The summed E-state index contributed by atoms with van der Waals surface area (Å²) in [7, 11) is 1.87. The van der Waals surface area contributed by atoms with Crippen LogP contribution in [0.4, 0.5) is 0 Å². The molecular weight excluding hydrogens is 254 g/mol. The molecule has 0 radical (unpaired) electrons. The zero-order valence-corrected chi connectivity index (χ0v) is 12.1. The largest absolute Gasteiger partial charge is 0.492 e. The third-order valence-electron chi connectivity index (χ3n) is 2.80. The molecule has 1 aromatic rings. The van der Waals surface area contributed by atoms with E-state index in [9.17, 15) is 4.79 Å². The molecule has 5 heteroatoms. The number of para-hydroxylation sites is 1. The van der Waals surface area contributed by atoms with Crippen molar-refractivity contribution in [2.24, 2.45) is 0 Å². The lowest BCUT2D eigenvalue weighted by Gasteiger charge is -2.17. The van der Waals surface area contributed by atoms with Gasteiger partial charge in [0.2, 0.25) is 5.91 Å².